The van der Waals surface area contributed by atoms with Crippen molar-refractivity contribution < 1.29 is 51.9 Å². The number of hydrogen-bond acceptors (Lipinski definition) is 11. The lowest BCUT2D eigenvalue weighted by Gasteiger charge is -2.27. The molecular weight excluding hydrogens is 761 g/mol. The fourth-order valence-corrected chi connectivity index (χ4v) is 7.07. The highest BCUT2D eigenvalue weighted by Gasteiger charge is 2.53. The number of unbranched alkanes of at least 4 members (excludes halogenated alkanes) is 2. The number of amides is 1. The molecule has 0 saturated heterocycles. The average molecular weight is 807 g/mol. The molecule has 3 aromatic heterocycles. The van der Waals surface area contributed by atoms with Gasteiger partial charge in [-0.1, -0.05) is 19.9 Å². The Hall–Kier alpha value is -5.36. The average Bonchev–Trinajstić information content (AvgIpc) is 3.61. The van der Waals surface area contributed by atoms with Crippen LogP contribution in [-0.4, -0.2) is 85.8 Å². The standard InChI is InChI=1S/C41H45F3N6O8/c1-39(2,25-56-13-5-3-4-12-55-24-30-8-7-29(47-48-30)20-49-19-26(22-51)18-45-49)37-15-27-14-33(32(42)17-34(27)50(37)21-31(53)23-52)46-38(54)40(10-11-40)28-6-9-35-36(16-28)58-41(43,44)57-35/h6-9,14-19,22,31,52-53H,3-5,10-13,20-21,23-25H2,1-2H3,(H,46,54)/t31-/m1/s1. The number of carbonyl (C=O) groups is 2. The van der Waals surface area contributed by atoms with Crippen LogP contribution in [0.5, 0.6) is 11.5 Å². The molecule has 5 aromatic rings. The lowest BCUT2D eigenvalue weighted by atomic mass is 9.90. The third-order valence-electron chi connectivity index (χ3n) is 10.4. The van der Waals surface area contributed by atoms with Crippen molar-refractivity contribution in [3.63, 3.8) is 0 Å². The second-order valence-electron chi connectivity index (χ2n) is 15.4. The van der Waals surface area contributed by atoms with Gasteiger partial charge in [-0.2, -0.15) is 15.3 Å². The summed E-state index contributed by atoms with van der Waals surface area (Å²) in [5, 5.41) is 35.9. The van der Waals surface area contributed by atoms with Gasteiger partial charge in [0, 0.05) is 42.0 Å². The Morgan fingerprint density at radius 2 is 1.76 bits per heavy atom. The lowest BCUT2D eigenvalue weighted by Crippen LogP contribution is -2.30. The van der Waals surface area contributed by atoms with E-state index in [1.54, 1.807) is 15.4 Å². The molecule has 1 fully saturated rings. The lowest BCUT2D eigenvalue weighted by molar-refractivity contribution is -0.286. The van der Waals surface area contributed by atoms with Crippen LogP contribution in [0, 0.1) is 5.82 Å². The van der Waals surface area contributed by atoms with E-state index < -0.39 is 41.6 Å². The number of fused-ring (bicyclic) bond motifs is 2. The van der Waals surface area contributed by atoms with Gasteiger partial charge in [-0.15, -0.1) is 8.78 Å². The highest BCUT2D eigenvalue weighted by atomic mass is 19.3. The van der Waals surface area contributed by atoms with Gasteiger partial charge in [-0.25, -0.2) is 4.39 Å². The Morgan fingerprint density at radius 3 is 2.47 bits per heavy atom. The van der Waals surface area contributed by atoms with Crippen molar-refractivity contribution in [2.45, 2.75) is 88.9 Å². The maximum atomic E-state index is 15.7. The first kappa shape index (κ1) is 40.8. The molecule has 0 bridgehead atoms. The van der Waals surface area contributed by atoms with Crippen molar-refractivity contribution in [3.05, 3.63) is 95.0 Å². The molecule has 1 aliphatic carbocycles. The van der Waals surface area contributed by atoms with Crippen LogP contribution in [0.1, 0.15) is 79.0 Å². The van der Waals surface area contributed by atoms with Crippen molar-refractivity contribution in [2.75, 3.05) is 31.7 Å². The van der Waals surface area contributed by atoms with Crippen LogP contribution in [0.3, 0.4) is 0 Å². The number of rotatable bonds is 20. The fraction of sp³-hybridized carbons (Fsp3) is 0.439. The number of alkyl halides is 2. The zero-order valence-corrected chi connectivity index (χ0v) is 32.1. The third kappa shape index (κ3) is 9.17. The first-order valence-corrected chi connectivity index (χ1v) is 19.1. The van der Waals surface area contributed by atoms with Gasteiger partial charge >= 0.3 is 6.29 Å². The van der Waals surface area contributed by atoms with Crippen molar-refractivity contribution in [1.29, 1.82) is 0 Å². The van der Waals surface area contributed by atoms with E-state index >= 15 is 4.39 Å². The van der Waals surface area contributed by atoms with Crippen LogP contribution in [0.25, 0.3) is 10.9 Å². The number of halogens is 3. The SMILES string of the molecule is CC(C)(COCCCCCOCc1ccc(Cn2cc(C=O)cn2)nn1)c1cc2cc(NC(=O)C3(c4ccc5c(c4)OC(F)(F)O5)CC3)c(F)cc2n1C[C@@H](O)CO. The molecule has 308 valence electrons. The molecule has 1 atom stereocenters. The second kappa shape index (κ2) is 16.9. The molecular formula is C41H45F3N6O8. The second-order valence-corrected chi connectivity index (χ2v) is 15.4. The number of ether oxygens (including phenoxy) is 4. The predicted molar refractivity (Wildman–Crippen MR) is 203 cm³/mol. The summed E-state index contributed by atoms with van der Waals surface area (Å²) in [6.45, 7) is 5.56. The van der Waals surface area contributed by atoms with E-state index in [1.807, 2.05) is 32.0 Å². The van der Waals surface area contributed by atoms with E-state index in [9.17, 15) is 28.6 Å². The Bertz CT molecular complexity index is 2260. The molecule has 7 rings (SSSR count). The van der Waals surface area contributed by atoms with E-state index in [2.05, 4.69) is 30.1 Å². The maximum absolute atomic E-state index is 15.7. The van der Waals surface area contributed by atoms with Crippen molar-refractivity contribution >= 4 is 28.8 Å². The quantitative estimate of drug-likeness (QED) is 0.0656. The Balaban J connectivity index is 0.910. The van der Waals surface area contributed by atoms with Gasteiger partial charge < -0.3 is 39.0 Å². The van der Waals surface area contributed by atoms with E-state index in [0.29, 0.717) is 79.2 Å². The van der Waals surface area contributed by atoms with Crippen LogP contribution in [0.15, 0.2) is 60.9 Å². The number of aldehydes is 1. The van der Waals surface area contributed by atoms with Gasteiger partial charge in [-0.3, -0.25) is 14.3 Å². The molecule has 14 nitrogen and oxygen atoms in total. The zero-order chi connectivity index (χ0) is 41.1. The highest BCUT2D eigenvalue weighted by Crippen LogP contribution is 2.52. The number of aliphatic hydroxyl groups is 2. The van der Waals surface area contributed by atoms with E-state index in [4.69, 9.17) is 9.47 Å². The zero-order valence-electron chi connectivity index (χ0n) is 32.1. The van der Waals surface area contributed by atoms with Gasteiger partial charge in [-0.05, 0) is 74.1 Å². The normalized spacial score (nSPS) is 15.8. The summed E-state index contributed by atoms with van der Waals surface area (Å²) in [5.41, 5.74) is 1.90. The summed E-state index contributed by atoms with van der Waals surface area (Å²) in [4.78, 5) is 24.4. The van der Waals surface area contributed by atoms with E-state index in [-0.39, 0.29) is 23.7 Å². The van der Waals surface area contributed by atoms with Crippen molar-refractivity contribution in [3.8, 4) is 11.5 Å². The number of anilines is 1. The maximum Gasteiger partial charge on any atom is 0.586 e. The summed E-state index contributed by atoms with van der Waals surface area (Å²) in [6, 6.07) is 12.6. The van der Waals surface area contributed by atoms with Crippen LogP contribution >= 0.6 is 0 Å². The Morgan fingerprint density at radius 1 is 1.02 bits per heavy atom. The van der Waals surface area contributed by atoms with Crippen LogP contribution < -0.4 is 14.8 Å². The molecule has 58 heavy (non-hydrogen) atoms. The Labute approximate surface area is 331 Å². The molecule has 0 spiro atoms. The third-order valence-corrected chi connectivity index (χ3v) is 10.4. The number of nitrogens with one attached hydrogen (secondary N) is 1. The minimum Gasteiger partial charge on any atom is -0.395 e. The highest BCUT2D eigenvalue weighted by molar-refractivity contribution is 6.03. The van der Waals surface area contributed by atoms with Crippen LogP contribution in [0.4, 0.5) is 18.9 Å². The molecule has 0 radical (unpaired) electrons. The first-order valence-electron chi connectivity index (χ1n) is 19.1. The number of aromatic nitrogens is 5. The Kier molecular flexibility index (Phi) is 11.9. The van der Waals surface area contributed by atoms with Gasteiger partial charge in [0.2, 0.25) is 5.91 Å². The topological polar surface area (TPSA) is 172 Å². The van der Waals surface area contributed by atoms with Crippen molar-refractivity contribution in [2.24, 2.45) is 0 Å². The smallest absolute Gasteiger partial charge is 0.395 e. The summed E-state index contributed by atoms with van der Waals surface area (Å²) in [5.74, 6) is -1.48. The molecule has 4 heterocycles. The van der Waals surface area contributed by atoms with E-state index in [1.165, 1.54) is 36.5 Å². The molecule has 0 unspecified atom stereocenters. The predicted octanol–water partition coefficient (Wildman–Crippen LogP) is 5.65. The summed E-state index contributed by atoms with van der Waals surface area (Å²) in [6.07, 6.45) is 2.35. The number of nitrogens with zero attached hydrogens (tertiary/aromatic N) is 5. The molecule has 17 heteroatoms. The largest absolute Gasteiger partial charge is 0.586 e. The summed E-state index contributed by atoms with van der Waals surface area (Å²) >= 11 is 0. The summed E-state index contributed by atoms with van der Waals surface area (Å²) in [7, 11) is 0. The molecule has 1 amide bonds. The van der Waals surface area contributed by atoms with Gasteiger partial charge in [0.05, 0.1) is 78.8 Å². The molecule has 2 aliphatic rings. The van der Waals surface area contributed by atoms with Crippen LogP contribution in [-0.2, 0) is 44.8 Å². The van der Waals surface area contributed by atoms with Gasteiger partial charge in [0.25, 0.3) is 0 Å². The molecule has 1 aliphatic heterocycles. The number of carbonyl (C=O) groups excluding carboxylic acids is 2. The van der Waals surface area contributed by atoms with Crippen LogP contribution in [0.2, 0.25) is 0 Å². The van der Waals surface area contributed by atoms with Crippen molar-refractivity contribution in [1.82, 2.24) is 24.5 Å². The minimum atomic E-state index is -3.79. The fourth-order valence-electron chi connectivity index (χ4n) is 7.07. The molecule has 2 aromatic carbocycles. The monoisotopic (exact) mass is 806 g/mol. The van der Waals surface area contributed by atoms with Gasteiger partial charge in [0.15, 0.2) is 17.8 Å². The summed E-state index contributed by atoms with van der Waals surface area (Å²) < 4.78 is 67.3. The molecule has 3 N–H and O–H groups in total. The number of hydrogen-bond donors (Lipinski definition) is 3. The molecule has 1 saturated carbocycles. The first-order chi connectivity index (χ1) is 27.8. The number of benzene rings is 2. The minimum absolute atomic E-state index is 0.000422. The van der Waals surface area contributed by atoms with E-state index in [0.717, 1.165) is 31.2 Å². The number of aliphatic hydroxyl groups excluding tert-OH is 2. The van der Waals surface area contributed by atoms with Gasteiger partial charge in [0.1, 0.15) is 5.82 Å².